The summed E-state index contributed by atoms with van der Waals surface area (Å²) >= 11 is 1.40. The minimum Gasteiger partial charge on any atom is -0.389 e. The van der Waals surface area contributed by atoms with Gasteiger partial charge < -0.3 is 20.2 Å². The molecule has 238 valence electrons. The second-order valence-electron chi connectivity index (χ2n) is 11.5. The summed E-state index contributed by atoms with van der Waals surface area (Å²) in [6.07, 6.45) is -0.117. The van der Waals surface area contributed by atoms with Crippen LogP contribution in [0.1, 0.15) is 74.3 Å². The van der Waals surface area contributed by atoms with Crippen molar-refractivity contribution in [3.63, 3.8) is 0 Å². The van der Waals surface area contributed by atoms with E-state index in [-0.39, 0.29) is 30.1 Å². The molecule has 2 aromatic carbocycles. The molecule has 4 aromatic rings. The zero-order chi connectivity index (χ0) is 32.7. The van der Waals surface area contributed by atoms with Crippen molar-refractivity contribution < 1.29 is 23.5 Å². The van der Waals surface area contributed by atoms with Crippen LogP contribution in [0.3, 0.4) is 0 Å². The van der Waals surface area contributed by atoms with E-state index in [0.29, 0.717) is 11.4 Å². The smallest absolute Gasteiger partial charge is 0.263 e. The molecule has 45 heavy (non-hydrogen) atoms. The standard InChI is InChI=1S/C34H39F2N5O3S/c1-21(2)27-15-28(17-37-16-27)40(4)18-30(42)29(11-23-9-7-6-8-10-23)39-33(43)25-12-24(32(35)36)13-26(14-25)34(44)41(5)19-31-38-22(3)20-45-31/h6-10,12-17,20-21,29-30,32,42H,11,18-19H2,1-5H3,(H,39,43)/t29-,30+/m0/s1. The Morgan fingerprint density at radius 2 is 1.71 bits per heavy atom. The largest absolute Gasteiger partial charge is 0.389 e. The van der Waals surface area contributed by atoms with E-state index in [9.17, 15) is 23.5 Å². The lowest BCUT2D eigenvalue weighted by Gasteiger charge is -2.29. The van der Waals surface area contributed by atoms with Crippen molar-refractivity contribution in [1.29, 1.82) is 0 Å². The van der Waals surface area contributed by atoms with Gasteiger partial charge in [0.15, 0.2) is 0 Å². The summed E-state index contributed by atoms with van der Waals surface area (Å²) in [6.45, 7) is 6.36. The van der Waals surface area contributed by atoms with Gasteiger partial charge in [-0.25, -0.2) is 13.8 Å². The number of aryl methyl sites for hydroxylation is 1. The van der Waals surface area contributed by atoms with E-state index in [4.69, 9.17) is 0 Å². The first-order valence-corrected chi connectivity index (χ1v) is 15.6. The Morgan fingerprint density at radius 1 is 1.00 bits per heavy atom. The zero-order valence-electron chi connectivity index (χ0n) is 26.1. The van der Waals surface area contributed by atoms with Crippen LogP contribution < -0.4 is 10.2 Å². The maximum atomic E-state index is 14.0. The van der Waals surface area contributed by atoms with Crippen molar-refractivity contribution in [3.05, 3.63) is 111 Å². The summed E-state index contributed by atoms with van der Waals surface area (Å²) < 4.78 is 27.9. The van der Waals surface area contributed by atoms with Crippen LogP contribution in [0.25, 0.3) is 0 Å². The number of pyridine rings is 1. The molecule has 8 nitrogen and oxygen atoms in total. The third-order valence-electron chi connectivity index (χ3n) is 7.49. The molecule has 0 aliphatic heterocycles. The number of benzene rings is 2. The third kappa shape index (κ3) is 9.15. The van der Waals surface area contributed by atoms with Gasteiger partial charge >= 0.3 is 0 Å². The highest BCUT2D eigenvalue weighted by Crippen LogP contribution is 2.24. The second kappa shape index (κ2) is 15.2. The molecule has 0 radical (unpaired) electrons. The molecule has 2 heterocycles. The van der Waals surface area contributed by atoms with Crippen molar-refractivity contribution in [2.75, 3.05) is 25.5 Å². The predicted molar refractivity (Wildman–Crippen MR) is 173 cm³/mol. The van der Waals surface area contributed by atoms with Crippen LogP contribution in [-0.2, 0) is 13.0 Å². The number of aliphatic hydroxyl groups excluding tert-OH is 1. The second-order valence-corrected chi connectivity index (χ2v) is 12.5. The van der Waals surface area contributed by atoms with Gasteiger partial charge in [-0.15, -0.1) is 11.3 Å². The monoisotopic (exact) mass is 635 g/mol. The van der Waals surface area contributed by atoms with Crippen LogP contribution in [-0.4, -0.2) is 64.6 Å². The molecule has 2 atom stereocenters. The van der Waals surface area contributed by atoms with Crippen molar-refractivity contribution in [2.24, 2.45) is 0 Å². The number of carbonyl (C=O) groups is 2. The van der Waals surface area contributed by atoms with Crippen molar-refractivity contribution >= 4 is 28.8 Å². The highest BCUT2D eigenvalue weighted by Gasteiger charge is 2.26. The number of alkyl halides is 2. The number of carbonyl (C=O) groups excluding carboxylic acids is 2. The van der Waals surface area contributed by atoms with E-state index in [1.807, 2.05) is 60.6 Å². The van der Waals surface area contributed by atoms with Gasteiger partial charge in [0.1, 0.15) is 5.01 Å². The maximum absolute atomic E-state index is 14.0. The van der Waals surface area contributed by atoms with Gasteiger partial charge in [-0.05, 0) is 54.7 Å². The van der Waals surface area contributed by atoms with Crippen LogP contribution in [0.4, 0.5) is 14.5 Å². The third-order valence-corrected chi connectivity index (χ3v) is 8.45. The number of likely N-dealkylation sites (N-methyl/N-ethyl adjacent to an activating group) is 1. The summed E-state index contributed by atoms with van der Waals surface area (Å²) in [5.74, 6) is -0.909. The van der Waals surface area contributed by atoms with Crippen molar-refractivity contribution in [2.45, 2.75) is 58.2 Å². The Morgan fingerprint density at radius 3 is 2.36 bits per heavy atom. The SMILES string of the molecule is Cc1csc(CN(C)C(=O)c2cc(C(=O)N[C@@H](Cc3ccccc3)[C@H](O)CN(C)c3cncc(C(C)C)c3)cc(C(F)F)c2)n1. The van der Waals surface area contributed by atoms with E-state index in [1.165, 1.54) is 22.3 Å². The first-order chi connectivity index (χ1) is 21.4. The van der Waals surface area contributed by atoms with Gasteiger partial charge in [0.25, 0.3) is 18.2 Å². The normalized spacial score (nSPS) is 12.7. The average molecular weight is 636 g/mol. The van der Waals surface area contributed by atoms with Crippen molar-refractivity contribution in [3.8, 4) is 0 Å². The fourth-order valence-electron chi connectivity index (χ4n) is 4.89. The number of anilines is 1. The number of hydrogen-bond acceptors (Lipinski definition) is 7. The number of nitrogens with zero attached hydrogens (tertiary/aromatic N) is 4. The predicted octanol–water partition coefficient (Wildman–Crippen LogP) is 6.02. The average Bonchev–Trinajstić information content (AvgIpc) is 3.44. The Kier molecular flexibility index (Phi) is 11.4. The van der Waals surface area contributed by atoms with Gasteiger partial charge in [0, 0.05) is 54.6 Å². The molecule has 4 rings (SSSR count). The van der Waals surface area contributed by atoms with E-state index >= 15 is 0 Å². The van der Waals surface area contributed by atoms with Crippen LogP contribution in [0.5, 0.6) is 0 Å². The van der Waals surface area contributed by atoms with Crippen LogP contribution >= 0.6 is 11.3 Å². The molecule has 0 saturated heterocycles. The van der Waals surface area contributed by atoms with Crippen molar-refractivity contribution in [1.82, 2.24) is 20.2 Å². The molecule has 0 aliphatic carbocycles. The van der Waals surface area contributed by atoms with E-state index in [2.05, 4.69) is 29.1 Å². The molecule has 0 fully saturated rings. The van der Waals surface area contributed by atoms with E-state index < -0.39 is 35.9 Å². The number of aromatic nitrogens is 2. The van der Waals surface area contributed by atoms with Crippen LogP contribution in [0, 0.1) is 6.92 Å². The first kappa shape index (κ1) is 33.7. The molecule has 0 aliphatic rings. The number of nitrogens with one attached hydrogen (secondary N) is 1. The molecule has 2 aromatic heterocycles. The molecule has 11 heteroatoms. The fourth-order valence-corrected chi connectivity index (χ4v) is 5.71. The Bertz CT molecular complexity index is 1600. The number of rotatable bonds is 13. The number of halogens is 2. The molecule has 0 spiro atoms. The number of thiazole rings is 1. The van der Waals surface area contributed by atoms with Gasteiger partial charge in [-0.1, -0.05) is 44.2 Å². The number of hydrogen-bond donors (Lipinski definition) is 2. The van der Waals surface area contributed by atoms with Crippen LogP contribution in [0.15, 0.2) is 72.4 Å². The van der Waals surface area contributed by atoms with Crippen LogP contribution in [0.2, 0.25) is 0 Å². The lowest BCUT2D eigenvalue weighted by atomic mass is 9.99. The molecule has 0 bridgehead atoms. The molecule has 0 saturated carbocycles. The van der Waals surface area contributed by atoms with Gasteiger partial charge in [0.2, 0.25) is 0 Å². The molecular formula is C34H39F2N5O3S. The quantitative estimate of drug-likeness (QED) is 0.187. The minimum absolute atomic E-state index is 0.0360. The van der Waals surface area contributed by atoms with Gasteiger partial charge in [0.05, 0.1) is 30.6 Å². The lowest BCUT2D eigenvalue weighted by molar-refractivity contribution is 0.0784. The summed E-state index contributed by atoms with van der Waals surface area (Å²) in [6, 6.07) is 14.1. The lowest BCUT2D eigenvalue weighted by Crippen LogP contribution is -2.49. The molecular weight excluding hydrogens is 596 g/mol. The molecule has 2 N–H and O–H groups in total. The van der Waals surface area contributed by atoms with E-state index in [0.717, 1.165) is 34.6 Å². The summed E-state index contributed by atoms with van der Waals surface area (Å²) in [7, 11) is 3.39. The van der Waals surface area contributed by atoms with E-state index in [1.54, 1.807) is 19.4 Å². The number of aliphatic hydroxyl groups is 1. The maximum Gasteiger partial charge on any atom is 0.263 e. The summed E-state index contributed by atoms with van der Waals surface area (Å²) in [4.78, 5) is 38.8. The summed E-state index contributed by atoms with van der Waals surface area (Å²) in [5.41, 5.74) is 3.00. The number of amides is 2. The zero-order valence-corrected chi connectivity index (χ0v) is 26.9. The highest BCUT2D eigenvalue weighted by atomic mass is 32.1. The molecule has 2 amide bonds. The Hall–Kier alpha value is -4.22. The topological polar surface area (TPSA) is 98.7 Å². The summed E-state index contributed by atoms with van der Waals surface area (Å²) in [5, 5.41) is 16.9. The van der Waals surface area contributed by atoms with Gasteiger partial charge in [-0.3, -0.25) is 14.6 Å². The fraction of sp³-hybridized carbons (Fsp3) is 0.353. The first-order valence-electron chi connectivity index (χ1n) is 14.7. The minimum atomic E-state index is -2.90. The molecule has 0 unspecified atom stereocenters. The van der Waals surface area contributed by atoms with Gasteiger partial charge in [-0.2, -0.15) is 0 Å². The Labute approximate surface area is 266 Å². The Balaban J connectivity index is 1.57. The highest BCUT2D eigenvalue weighted by molar-refractivity contribution is 7.09.